The lowest BCUT2D eigenvalue weighted by Gasteiger charge is -2.14. The summed E-state index contributed by atoms with van der Waals surface area (Å²) in [4.78, 5) is 12.5. The van der Waals surface area contributed by atoms with E-state index < -0.39 is 10.0 Å². The number of thiazole rings is 1. The van der Waals surface area contributed by atoms with Crippen LogP contribution in [0.25, 0.3) is 11.3 Å². The van der Waals surface area contributed by atoms with Crippen molar-refractivity contribution in [2.24, 2.45) is 10.7 Å². The molecule has 0 atom stereocenters. The zero-order valence-electron chi connectivity index (χ0n) is 18.2. The van der Waals surface area contributed by atoms with Gasteiger partial charge in [0.2, 0.25) is 0 Å². The summed E-state index contributed by atoms with van der Waals surface area (Å²) in [7, 11) is -2.34. The second-order valence-corrected chi connectivity index (χ2v) is 9.44. The highest BCUT2D eigenvalue weighted by Crippen LogP contribution is 2.32. The van der Waals surface area contributed by atoms with Gasteiger partial charge in [-0.25, -0.2) is 13.4 Å². The minimum atomic E-state index is -3.94. The van der Waals surface area contributed by atoms with Crippen LogP contribution in [0.1, 0.15) is 11.1 Å². The Labute approximate surface area is 205 Å². The number of ether oxygens (including phenoxy) is 1. The molecule has 10 nitrogen and oxygen atoms in total. The summed E-state index contributed by atoms with van der Waals surface area (Å²) in [5.41, 5.74) is 8.05. The first-order valence-electron chi connectivity index (χ1n) is 9.97. The van der Waals surface area contributed by atoms with Crippen molar-refractivity contribution in [3.8, 4) is 28.8 Å². The number of pyridine rings is 1. The summed E-state index contributed by atoms with van der Waals surface area (Å²) >= 11 is 1.14. The van der Waals surface area contributed by atoms with Crippen LogP contribution >= 0.6 is 11.3 Å². The topological polar surface area (TPSA) is 156 Å². The number of nitrogens with two attached hydrogens (primary N) is 1. The van der Waals surface area contributed by atoms with E-state index in [1.54, 1.807) is 36.9 Å². The number of rotatable bonds is 8. The van der Waals surface area contributed by atoms with E-state index in [0.717, 1.165) is 16.9 Å². The zero-order chi connectivity index (χ0) is 24.8. The van der Waals surface area contributed by atoms with Gasteiger partial charge in [-0.2, -0.15) is 5.26 Å². The number of hydrogen-bond acceptors (Lipinski definition) is 10. The van der Waals surface area contributed by atoms with Gasteiger partial charge in [0.25, 0.3) is 10.0 Å². The molecule has 0 aliphatic carbocycles. The summed E-state index contributed by atoms with van der Waals surface area (Å²) in [5, 5.41) is 11.6. The van der Waals surface area contributed by atoms with Gasteiger partial charge in [-0.3, -0.25) is 14.7 Å². The third kappa shape index (κ3) is 5.21. The van der Waals surface area contributed by atoms with Gasteiger partial charge in [-0.1, -0.05) is 0 Å². The molecular formula is C23H18N6O4S2. The Morgan fingerprint density at radius 1 is 1.29 bits per heavy atom. The molecule has 3 heterocycles. The monoisotopic (exact) mass is 506 g/mol. The molecule has 0 unspecified atom stereocenters. The van der Waals surface area contributed by atoms with Crippen molar-refractivity contribution < 1.29 is 17.6 Å². The lowest BCUT2D eigenvalue weighted by molar-refractivity contribution is 0.477. The molecule has 3 aromatic heterocycles. The lowest BCUT2D eigenvalue weighted by atomic mass is 10.1. The molecule has 176 valence electrons. The number of nitrogens with one attached hydrogen (secondary N) is 1. The van der Waals surface area contributed by atoms with Gasteiger partial charge >= 0.3 is 0 Å². The third-order valence-electron chi connectivity index (χ3n) is 4.71. The smallest absolute Gasteiger partial charge is 0.263 e. The number of furan rings is 1. The fraction of sp³-hybridized carbons (Fsp3) is 0.0435. The Bertz CT molecular complexity index is 1540. The van der Waals surface area contributed by atoms with Crippen molar-refractivity contribution in [3.05, 3.63) is 84.0 Å². The Hall–Kier alpha value is -4.47. The molecule has 0 amide bonds. The molecule has 1 aromatic carbocycles. The average molecular weight is 507 g/mol. The van der Waals surface area contributed by atoms with E-state index in [2.05, 4.69) is 19.7 Å². The standard InChI is InChI=1S/C23H18N6O4S2/c1-26-19(4-6-24)18-11-20(15-5-8-32-14-15)28-13-22(18)33-21-3-2-17(10-16(21)12-25)35(30,31)29-23-27-7-9-34-23/h2-11,13-14H,24H2,1H3,(H,27,29). The van der Waals surface area contributed by atoms with Crippen molar-refractivity contribution in [1.29, 1.82) is 5.26 Å². The normalized spacial score (nSPS) is 11.9. The van der Waals surface area contributed by atoms with E-state index in [9.17, 15) is 13.7 Å². The number of aliphatic imine (C=N–C) groups is 1. The van der Waals surface area contributed by atoms with Gasteiger partial charge in [-0.15, -0.1) is 11.3 Å². The van der Waals surface area contributed by atoms with Crippen LogP contribution in [0.15, 0.2) is 87.2 Å². The number of nitrogens with zero attached hydrogens (tertiary/aromatic N) is 4. The number of benzene rings is 1. The molecule has 4 rings (SSSR count). The number of hydrogen-bond donors (Lipinski definition) is 2. The number of anilines is 1. The molecule has 0 fully saturated rings. The SMILES string of the molecule is CN=C(C=CN)c1cc(-c2ccoc2)ncc1Oc1ccc(S(=O)(=O)Nc2nccs2)cc1C#N. The molecule has 0 aliphatic heterocycles. The van der Waals surface area contributed by atoms with Gasteiger partial charge in [0, 0.05) is 29.8 Å². The van der Waals surface area contributed by atoms with Gasteiger partial charge < -0.3 is 14.9 Å². The van der Waals surface area contributed by atoms with E-state index >= 15 is 0 Å². The number of aromatic nitrogens is 2. The summed E-state index contributed by atoms with van der Waals surface area (Å²) in [6.07, 6.45) is 9.02. The Morgan fingerprint density at radius 2 is 2.14 bits per heavy atom. The zero-order valence-corrected chi connectivity index (χ0v) is 19.9. The second-order valence-electron chi connectivity index (χ2n) is 6.86. The Balaban J connectivity index is 1.72. The van der Waals surface area contributed by atoms with Crippen molar-refractivity contribution in [2.75, 3.05) is 11.8 Å². The molecule has 0 bridgehead atoms. The highest BCUT2D eigenvalue weighted by molar-refractivity contribution is 7.93. The number of nitriles is 1. The van der Waals surface area contributed by atoms with Gasteiger partial charge in [0.15, 0.2) is 10.9 Å². The molecule has 3 N–H and O–H groups in total. The first kappa shape index (κ1) is 23.7. The van der Waals surface area contributed by atoms with E-state index in [1.807, 2.05) is 6.07 Å². The minimum Gasteiger partial charge on any atom is -0.472 e. The molecule has 4 aromatic rings. The maximum absolute atomic E-state index is 12.7. The molecule has 12 heteroatoms. The quantitative estimate of drug-likeness (QED) is 0.337. The first-order chi connectivity index (χ1) is 16.9. The summed E-state index contributed by atoms with van der Waals surface area (Å²) in [6.45, 7) is 0. The van der Waals surface area contributed by atoms with Crippen LogP contribution < -0.4 is 15.2 Å². The van der Waals surface area contributed by atoms with Crippen molar-refractivity contribution in [1.82, 2.24) is 9.97 Å². The lowest BCUT2D eigenvalue weighted by Crippen LogP contribution is -2.13. The molecule has 0 saturated heterocycles. The molecule has 0 saturated carbocycles. The maximum atomic E-state index is 12.7. The highest BCUT2D eigenvalue weighted by Gasteiger charge is 2.20. The van der Waals surface area contributed by atoms with Crippen LogP contribution in [0.4, 0.5) is 5.13 Å². The Kier molecular flexibility index (Phi) is 6.91. The summed E-state index contributed by atoms with van der Waals surface area (Å²) in [5.74, 6) is 0.441. The minimum absolute atomic E-state index is 0.0150. The second kappa shape index (κ2) is 10.2. The molecule has 0 radical (unpaired) electrons. The van der Waals surface area contributed by atoms with Crippen molar-refractivity contribution >= 4 is 32.2 Å². The van der Waals surface area contributed by atoms with Gasteiger partial charge in [-0.05, 0) is 42.6 Å². The van der Waals surface area contributed by atoms with E-state index in [0.29, 0.717) is 22.7 Å². The summed E-state index contributed by atoms with van der Waals surface area (Å²) in [6, 6.07) is 9.48. The van der Waals surface area contributed by atoms with E-state index in [4.69, 9.17) is 14.9 Å². The predicted octanol–water partition coefficient (Wildman–Crippen LogP) is 4.15. The fourth-order valence-electron chi connectivity index (χ4n) is 3.09. The van der Waals surface area contributed by atoms with E-state index in [1.165, 1.54) is 43.1 Å². The molecule has 0 spiro atoms. The van der Waals surface area contributed by atoms with Crippen LogP contribution in [-0.2, 0) is 10.0 Å². The third-order valence-corrected chi connectivity index (χ3v) is 6.87. The van der Waals surface area contributed by atoms with Crippen molar-refractivity contribution in [2.45, 2.75) is 4.90 Å². The number of sulfonamides is 1. The molecule has 35 heavy (non-hydrogen) atoms. The van der Waals surface area contributed by atoms with Crippen molar-refractivity contribution in [3.63, 3.8) is 0 Å². The van der Waals surface area contributed by atoms with Crippen LogP contribution in [0.2, 0.25) is 0 Å². The fourth-order valence-corrected chi connectivity index (χ4v) is 4.90. The summed E-state index contributed by atoms with van der Waals surface area (Å²) < 4.78 is 38.9. The average Bonchev–Trinajstić information content (AvgIpc) is 3.57. The Morgan fingerprint density at radius 3 is 2.80 bits per heavy atom. The van der Waals surface area contributed by atoms with Crippen LogP contribution in [-0.4, -0.2) is 31.1 Å². The first-order valence-corrected chi connectivity index (χ1v) is 12.3. The van der Waals surface area contributed by atoms with Gasteiger partial charge in [0.05, 0.1) is 40.6 Å². The number of allylic oxidation sites excluding steroid dienone is 1. The van der Waals surface area contributed by atoms with Gasteiger partial charge in [0.1, 0.15) is 11.8 Å². The van der Waals surface area contributed by atoms with Crippen LogP contribution in [0.5, 0.6) is 11.5 Å². The molecular weight excluding hydrogens is 488 g/mol. The largest absolute Gasteiger partial charge is 0.472 e. The predicted molar refractivity (Wildman–Crippen MR) is 132 cm³/mol. The highest BCUT2D eigenvalue weighted by atomic mass is 32.2. The molecule has 0 aliphatic rings. The van der Waals surface area contributed by atoms with Crippen LogP contribution in [0.3, 0.4) is 0 Å². The maximum Gasteiger partial charge on any atom is 0.263 e. The van der Waals surface area contributed by atoms with Crippen LogP contribution in [0, 0.1) is 11.3 Å². The van der Waals surface area contributed by atoms with E-state index in [-0.39, 0.29) is 21.3 Å².